The van der Waals surface area contributed by atoms with Crippen molar-refractivity contribution in [2.75, 3.05) is 27.7 Å². The molecule has 0 aliphatic rings. The van der Waals surface area contributed by atoms with Crippen molar-refractivity contribution in [2.45, 2.75) is 58.5 Å². The summed E-state index contributed by atoms with van der Waals surface area (Å²) in [7, 11) is 5.78. The van der Waals surface area contributed by atoms with Gasteiger partial charge in [0.25, 0.3) is 0 Å². The lowest BCUT2D eigenvalue weighted by Gasteiger charge is -2.37. The maximum atomic E-state index is 11.1. The van der Waals surface area contributed by atoms with Gasteiger partial charge in [0, 0.05) is 12.5 Å². The zero-order valence-electron chi connectivity index (χ0n) is 15.5. The monoisotopic (exact) mass is 309 g/mol. The molecule has 0 bridgehead atoms. The van der Waals surface area contributed by atoms with Gasteiger partial charge in [0.15, 0.2) is 0 Å². The number of ether oxygens (including phenoxy) is 1. The average molecular weight is 309 g/mol. The molecule has 1 aromatic rings. The van der Waals surface area contributed by atoms with Crippen molar-refractivity contribution >= 4 is 0 Å². The molecule has 1 aromatic carbocycles. The number of methoxy groups -OCH3 is 1. The molecule has 0 amide bonds. The highest BCUT2D eigenvalue weighted by atomic mass is 16.5. The summed E-state index contributed by atoms with van der Waals surface area (Å²) in [5.41, 5.74) is 0.533. The van der Waals surface area contributed by atoms with E-state index in [0.29, 0.717) is 0 Å². The van der Waals surface area contributed by atoms with Crippen molar-refractivity contribution in [2.24, 2.45) is 0 Å². The van der Waals surface area contributed by atoms with Gasteiger partial charge < -0.3 is 14.7 Å². The van der Waals surface area contributed by atoms with Crippen LogP contribution in [0.5, 0.6) is 5.75 Å². The number of benzene rings is 1. The van der Waals surface area contributed by atoms with Crippen molar-refractivity contribution in [3.8, 4) is 5.75 Å². The Morgan fingerprint density at radius 2 is 1.68 bits per heavy atom. The fraction of sp³-hybridized carbons (Fsp3) is 0.684. The minimum absolute atomic E-state index is 0.119. The molecule has 0 fully saturated rings. The summed E-state index contributed by atoms with van der Waals surface area (Å²) in [5.74, 6) is 0.973. The van der Waals surface area contributed by atoms with Crippen molar-refractivity contribution in [1.29, 1.82) is 0 Å². The number of hydrogen-bond acceptors (Lipinski definition) is 3. The minimum Gasteiger partial charge on any atom is -0.497 e. The van der Waals surface area contributed by atoms with Crippen LogP contribution >= 0.6 is 0 Å². The average Bonchev–Trinajstić information content (AvgIpc) is 2.54. The molecule has 0 spiro atoms. The Morgan fingerprint density at radius 1 is 1.14 bits per heavy atom. The molecular weight excluding hydrogens is 274 g/mol. The van der Waals surface area contributed by atoms with Crippen LogP contribution in [0.3, 0.4) is 0 Å². The van der Waals surface area contributed by atoms with Crippen molar-refractivity contribution in [1.82, 2.24) is 4.90 Å². The van der Waals surface area contributed by atoms with Gasteiger partial charge in [-0.1, -0.05) is 46.2 Å². The molecule has 0 saturated carbocycles. The Kier molecular flexibility index (Phi) is 10.1. The molecule has 1 N–H and O–H groups in total. The van der Waals surface area contributed by atoms with Gasteiger partial charge in [0.2, 0.25) is 0 Å². The largest absolute Gasteiger partial charge is 0.497 e. The molecule has 3 nitrogen and oxygen atoms in total. The molecule has 2 unspecified atom stereocenters. The Labute approximate surface area is 137 Å². The lowest BCUT2D eigenvalue weighted by atomic mass is 9.77. The van der Waals surface area contributed by atoms with E-state index in [9.17, 15) is 5.11 Å². The van der Waals surface area contributed by atoms with E-state index >= 15 is 0 Å². The first kappa shape index (κ1) is 20.9. The van der Waals surface area contributed by atoms with Crippen LogP contribution in [0, 0.1) is 0 Å². The van der Waals surface area contributed by atoms with Gasteiger partial charge in [-0.05, 0) is 44.6 Å². The highest BCUT2D eigenvalue weighted by Gasteiger charge is 2.35. The van der Waals surface area contributed by atoms with Gasteiger partial charge in [-0.15, -0.1) is 0 Å². The summed E-state index contributed by atoms with van der Waals surface area (Å²) in [4.78, 5) is 2.14. The molecule has 0 aromatic heterocycles. The molecular formula is C19H35NO2. The van der Waals surface area contributed by atoms with E-state index in [-0.39, 0.29) is 5.92 Å². The van der Waals surface area contributed by atoms with Crippen molar-refractivity contribution in [3.63, 3.8) is 0 Å². The summed E-state index contributed by atoms with van der Waals surface area (Å²) in [6.45, 7) is 9.04. The van der Waals surface area contributed by atoms with Crippen LogP contribution in [0.15, 0.2) is 24.3 Å². The van der Waals surface area contributed by atoms with Crippen LogP contribution in [0.4, 0.5) is 0 Å². The maximum Gasteiger partial charge on any atom is 0.118 e. The van der Waals surface area contributed by atoms with E-state index in [1.54, 1.807) is 7.11 Å². The fourth-order valence-electron chi connectivity index (χ4n) is 2.82. The van der Waals surface area contributed by atoms with Crippen LogP contribution in [0.2, 0.25) is 0 Å². The van der Waals surface area contributed by atoms with Gasteiger partial charge in [0.1, 0.15) is 5.75 Å². The first-order valence-electron chi connectivity index (χ1n) is 8.47. The van der Waals surface area contributed by atoms with Gasteiger partial charge in [-0.3, -0.25) is 0 Å². The Hall–Kier alpha value is -1.06. The molecule has 0 aliphatic carbocycles. The second kappa shape index (κ2) is 10.6. The Balaban J connectivity index is 0.00000211. The predicted octanol–water partition coefficient (Wildman–Crippen LogP) is 4.31. The summed E-state index contributed by atoms with van der Waals surface area (Å²) >= 11 is 0. The summed E-state index contributed by atoms with van der Waals surface area (Å²) in [5, 5.41) is 11.1. The lowest BCUT2D eigenvalue weighted by Crippen LogP contribution is -2.40. The molecule has 0 saturated heterocycles. The molecule has 2 atom stereocenters. The second-order valence-electron chi connectivity index (χ2n) is 5.80. The number of hydrogen-bond donors (Lipinski definition) is 1. The van der Waals surface area contributed by atoms with Crippen molar-refractivity contribution in [3.05, 3.63) is 29.8 Å². The molecule has 0 heterocycles. The predicted molar refractivity (Wildman–Crippen MR) is 95.8 cm³/mol. The number of aliphatic hydroxyl groups is 1. The summed E-state index contributed by atoms with van der Waals surface area (Å²) in [6.07, 6.45) is 2.59. The van der Waals surface area contributed by atoms with Crippen LogP contribution in [0.25, 0.3) is 0 Å². The molecule has 0 aliphatic heterocycles. The third-order valence-electron chi connectivity index (χ3n) is 4.01. The molecule has 22 heavy (non-hydrogen) atoms. The van der Waals surface area contributed by atoms with E-state index in [1.807, 2.05) is 26.0 Å². The third kappa shape index (κ3) is 5.98. The quantitative estimate of drug-likeness (QED) is 0.777. The first-order valence-corrected chi connectivity index (χ1v) is 8.47. The number of nitrogens with zero attached hydrogens (tertiary/aromatic N) is 1. The third-order valence-corrected chi connectivity index (χ3v) is 4.01. The van der Waals surface area contributed by atoms with E-state index in [2.05, 4.69) is 45.0 Å². The first-order chi connectivity index (χ1) is 10.5. The Bertz CT molecular complexity index is 389. The smallest absolute Gasteiger partial charge is 0.118 e. The molecule has 128 valence electrons. The normalized spacial score (nSPS) is 14.8. The van der Waals surface area contributed by atoms with Crippen LogP contribution < -0.4 is 4.74 Å². The van der Waals surface area contributed by atoms with Crippen LogP contribution in [-0.4, -0.2) is 43.4 Å². The molecule has 3 heteroatoms. The lowest BCUT2D eigenvalue weighted by molar-refractivity contribution is -0.00810. The second-order valence-corrected chi connectivity index (χ2v) is 5.80. The van der Waals surface area contributed by atoms with E-state index < -0.39 is 5.60 Å². The standard InChI is InChI=1S/C17H29NO2.C2H6/c1-6-12-17(19,7-2)16(13-18(3)4)14-8-10-15(20-5)11-9-14;1-2/h8-11,16,19H,6-7,12-13H2,1-5H3;1-2H3. The topological polar surface area (TPSA) is 32.7 Å². The fourth-order valence-corrected chi connectivity index (χ4v) is 2.82. The highest BCUT2D eigenvalue weighted by Crippen LogP contribution is 2.36. The van der Waals surface area contributed by atoms with Crippen LogP contribution in [0.1, 0.15) is 58.4 Å². The van der Waals surface area contributed by atoms with Crippen LogP contribution in [-0.2, 0) is 0 Å². The molecule has 1 rings (SSSR count). The summed E-state index contributed by atoms with van der Waals surface area (Å²) in [6, 6.07) is 8.09. The highest BCUT2D eigenvalue weighted by molar-refractivity contribution is 5.31. The van der Waals surface area contributed by atoms with E-state index in [0.717, 1.165) is 31.6 Å². The number of rotatable bonds is 8. The van der Waals surface area contributed by atoms with Gasteiger partial charge in [-0.25, -0.2) is 0 Å². The molecule has 0 radical (unpaired) electrons. The van der Waals surface area contributed by atoms with Gasteiger partial charge in [-0.2, -0.15) is 0 Å². The van der Waals surface area contributed by atoms with E-state index in [1.165, 1.54) is 5.56 Å². The SMILES string of the molecule is CC.CCCC(O)(CC)C(CN(C)C)c1ccc(OC)cc1. The van der Waals surface area contributed by atoms with Crippen molar-refractivity contribution < 1.29 is 9.84 Å². The summed E-state index contributed by atoms with van der Waals surface area (Å²) < 4.78 is 5.22. The minimum atomic E-state index is -0.645. The zero-order chi connectivity index (χ0) is 17.2. The number of likely N-dealkylation sites (N-methyl/N-ethyl adjacent to an activating group) is 1. The maximum absolute atomic E-state index is 11.1. The van der Waals surface area contributed by atoms with E-state index in [4.69, 9.17) is 4.74 Å². The van der Waals surface area contributed by atoms with Gasteiger partial charge >= 0.3 is 0 Å². The van der Waals surface area contributed by atoms with Gasteiger partial charge in [0.05, 0.1) is 12.7 Å². The zero-order valence-corrected chi connectivity index (χ0v) is 15.5. The Morgan fingerprint density at radius 3 is 2.05 bits per heavy atom.